The van der Waals surface area contributed by atoms with Gasteiger partial charge in [-0.1, -0.05) is 36.4 Å². The fourth-order valence-electron chi connectivity index (χ4n) is 3.14. The molecule has 1 saturated heterocycles. The van der Waals surface area contributed by atoms with Crippen LogP contribution in [0.25, 0.3) is 0 Å². The molecular weight excluding hydrogens is 317 g/mol. The van der Waals surface area contributed by atoms with Crippen LogP contribution in [0.15, 0.2) is 54.6 Å². The molecule has 0 saturated carbocycles. The first-order chi connectivity index (χ1) is 12.1. The molecule has 0 bridgehead atoms. The summed E-state index contributed by atoms with van der Waals surface area (Å²) < 4.78 is 13.6. The van der Waals surface area contributed by atoms with Crippen molar-refractivity contribution in [3.05, 3.63) is 66.0 Å². The van der Waals surface area contributed by atoms with Gasteiger partial charge in [0.15, 0.2) is 0 Å². The SMILES string of the molecule is CC(C(=O)NCc1ccccc1F)N1CCN(c2ccccc2)CC1. The fraction of sp³-hybridized carbons (Fsp3) is 0.350. The average molecular weight is 341 g/mol. The number of para-hydroxylation sites is 1. The van der Waals surface area contributed by atoms with E-state index in [-0.39, 0.29) is 24.3 Å². The van der Waals surface area contributed by atoms with E-state index in [0.29, 0.717) is 5.56 Å². The zero-order valence-corrected chi connectivity index (χ0v) is 14.5. The van der Waals surface area contributed by atoms with Gasteiger partial charge < -0.3 is 10.2 Å². The van der Waals surface area contributed by atoms with Crippen LogP contribution in [0, 0.1) is 5.82 Å². The third kappa shape index (κ3) is 4.37. The summed E-state index contributed by atoms with van der Waals surface area (Å²) in [6.07, 6.45) is 0. The monoisotopic (exact) mass is 341 g/mol. The molecule has 1 aliphatic heterocycles. The maximum atomic E-state index is 13.6. The first-order valence-electron chi connectivity index (χ1n) is 8.70. The summed E-state index contributed by atoms with van der Waals surface area (Å²) in [4.78, 5) is 16.9. The summed E-state index contributed by atoms with van der Waals surface area (Å²) in [6.45, 7) is 5.60. The zero-order chi connectivity index (χ0) is 17.6. The predicted octanol–water partition coefficient (Wildman–Crippen LogP) is 2.65. The van der Waals surface area contributed by atoms with Crippen molar-refractivity contribution in [3.8, 4) is 0 Å². The van der Waals surface area contributed by atoms with Gasteiger partial charge in [-0.25, -0.2) is 4.39 Å². The van der Waals surface area contributed by atoms with Crippen molar-refractivity contribution in [2.75, 3.05) is 31.1 Å². The second kappa shape index (κ2) is 8.12. The maximum Gasteiger partial charge on any atom is 0.237 e. The van der Waals surface area contributed by atoms with Crippen molar-refractivity contribution >= 4 is 11.6 Å². The number of hydrogen-bond acceptors (Lipinski definition) is 3. The minimum Gasteiger partial charge on any atom is -0.369 e. The number of carbonyl (C=O) groups excluding carboxylic acids is 1. The zero-order valence-electron chi connectivity index (χ0n) is 14.5. The summed E-state index contributed by atoms with van der Waals surface area (Å²) in [5.74, 6) is -0.344. The number of piperazine rings is 1. The summed E-state index contributed by atoms with van der Waals surface area (Å²) in [7, 11) is 0. The normalized spacial score (nSPS) is 16.5. The number of benzene rings is 2. The van der Waals surface area contributed by atoms with Gasteiger partial charge >= 0.3 is 0 Å². The van der Waals surface area contributed by atoms with Crippen LogP contribution in [0.1, 0.15) is 12.5 Å². The second-order valence-corrected chi connectivity index (χ2v) is 6.34. The Labute approximate surface area is 148 Å². The summed E-state index contributed by atoms with van der Waals surface area (Å²) in [6, 6.07) is 16.6. The third-order valence-corrected chi connectivity index (χ3v) is 4.77. The first kappa shape index (κ1) is 17.4. The molecule has 0 aromatic heterocycles. The van der Waals surface area contributed by atoms with E-state index in [2.05, 4.69) is 27.2 Å². The van der Waals surface area contributed by atoms with Gasteiger partial charge in [-0.15, -0.1) is 0 Å². The third-order valence-electron chi connectivity index (χ3n) is 4.77. The van der Waals surface area contributed by atoms with Crippen LogP contribution in [-0.4, -0.2) is 43.0 Å². The lowest BCUT2D eigenvalue weighted by Crippen LogP contribution is -2.53. The van der Waals surface area contributed by atoms with Crippen molar-refractivity contribution in [3.63, 3.8) is 0 Å². The number of nitrogens with zero attached hydrogens (tertiary/aromatic N) is 2. The standard InChI is InChI=1S/C20H24FN3O/c1-16(20(25)22-15-17-7-5-6-10-19(17)21)23-11-13-24(14-12-23)18-8-3-2-4-9-18/h2-10,16H,11-15H2,1H3,(H,22,25). The lowest BCUT2D eigenvalue weighted by molar-refractivity contribution is -0.126. The molecule has 1 aliphatic rings. The van der Waals surface area contributed by atoms with Crippen LogP contribution in [-0.2, 0) is 11.3 Å². The number of rotatable bonds is 5. The van der Waals surface area contributed by atoms with Crippen LogP contribution in [0.2, 0.25) is 0 Å². The molecule has 2 aromatic rings. The highest BCUT2D eigenvalue weighted by molar-refractivity contribution is 5.81. The average Bonchev–Trinajstić information content (AvgIpc) is 2.67. The predicted molar refractivity (Wildman–Crippen MR) is 97.9 cm³/mol. The van der Waals surface area contributed by atoms with Crippen LogP contribution in [0.3, 0.4) is 0 Å². The van der Waals surface area contributed by atoms with E-state index in [1.807, 2.05) is 25.1 Å². The van der Waals surface area contributed by atoms with Gasteiger partial charge in [-0.05, 0) is 25.1 Å². The summed E-state index contributed by atoms with van der Waals surface area (Å²) >= 11 is 0. The van der Waals surface area contributed by atoms with E-state index in [1.165, 1.54) is 11.8 Å². The Kier molecular flexibility index (Phi) is 5.66. The van der Waals surface area contributed by atoms with Gasteiger partial charge in [0.25, 0.3) is 0 Å². The molecule has 1 atom stereocenters. The van der Waals surface area contributed by atoms with Gasteiger partial charge in [-0.2, -0.15) is 0 Å². The van der Waals surface area contributed by atoms with E-state index in [0.717, 1.165) is 26.2 Å². The summed E-state index contributed by atoms with van der Waals surface area (Å²) in [5, 5.41) is 2.85. The number of hydrogen-bond donors (Lipinski definition) is 1. The molecule has 2 aromatic carbocycles. The maximum absolute atomic E-state index is 13.6. The molecule has 1 fully saturated rings. The molecule has 1 unspecified atom stereocenters. The molecule has 25 heavy (non-hydrogen) atoms. The molecular formula is C20H24FN3O. The van der Waals surface area contributed by atoms with Gasteiger partial charge in [0.1, 0.15) is 5.82 Å². The molecule has 4 nitrogen and oxygen atoms in total. The molecule has 5 heteroatoms. The molecule has 0 aliphatic carbocycles. The molecule has 1 N–H and O–H groups in total. The smallest absolute Gasteiger partial charge is 0.237 e. The molecule has 1 amide bonds. The Bertz CT molecular complexity index is 699. The number of halogens is 1. The van der Waals surface area contributed by atoms with Gasteiger partial charge in [-0.3, -0.25) is 9.69 Å². The van der Waals surface area contributed by atoms with Crippen LogP contribution in [0.5, 0.6) is 0 Å². The highest BCUT2D eigenvalue weighted by atomic mass is 19.1. The van der Waals surface area contributed by atoms with Crippen LogP contribution < -0.4 is 10.2 Å². The minimum absolute atomic E-state index is 0.0589. The fourth-order valence-corrected chi connectivity index (χ4v) is 3.14. The van der Waals surface area contributed by atoms with Crippen LogP contribution >= 0.6 is 0 Å². The highest BCUT2D eigenvalue weighted by Gasteiger charge is 2.25. The molecule has 1 heterocycles. The number of amides is 1. The molecule has 3 rings (SSSR count). The summed E-state index contributed by atoms with van der Waals surface area (Å²) in [5.41, 5.74) is 1.73. The Morgan fingerprint density at radius 2 is 1.68 bits per heavy atom. The quantitative estimate of drug-likeness (QED) is 0.908. The number of carbonyl (C=O) groups is 1. The number of anilines is 1. The van der Waals surface area contributed by atoms with E-state index in [1.54, 1.807) is 18.2 Å². The first-order valence-corrected chi connectivity index (χ1v) is 8.70. The van der Waals surface area contributed by atoms with E-state index < -0.39 is 0 Å². The van der Waals surface area contributed by atoms with Gasteiger partial charge in [0, 0.05) is 44.0 Å². The Morgan fingerprint density at radius 3 is 2.36 bits per heavy atom. The van der Waals surface area contributed by atoms with Gasteiger partial charge in [0.2, 0.25) is 5.91 Å². The lowest BCUT2D eigenvalue weighted by atomic mass is 10.1. The van der Waals surface area contributed by atoms with Crippen molar-refractivity contribution in [2.24, 2.45) is 0 Å². The van der Waals surface area contributed by atoms with E-state index >= 15 is 0 Å². The van der Waals surface area contributed by atoms with Crippen molar-refractivity contribution in [1.82, 2.24) is 10.2 Å². The molecule has 0 spiro atoms. The topological polar surface area (TPSA) is 35.6 Å². The molecule has 132 valence electrons. The van der Waals surface area contributed by atoms with Crippen LogP contribution in [0.4, 0.5) is 10.1 Å². The second-order valence-electron chi connectivity index (χ2n) is 6.34. The lowest BCUT2D eigenvalue weighted by Gasteiger charge is -2.38. The highest BCUT2D eigenvalue weighted by Crippen LogP contribution is 2.16. The minimum atomic E-state index is -0.285. The van der Waals surface area contributed by atoms with Crippen molar-refractivity contribution in [2.45, 2.75) is 19.5 Å². The van der Waals surface area contributed by atoms with Crippen molar-refractivity contribution < 1.29 is 9.18 Å². The Balaban J connectivity index is 1.49. The van der Waals surface area contributed by atoms with Gasteiger partial charge in [0.05, 0.1) is 6.04 Å². The van der Waals surface area contributed by atoms with E-state index in [9.17, 15) is 9.18 Å². The largest absolute Gasteiger partial charge is 0.369 e. The van der Waals surface area contributed by atoms with Crippen molar-refractivity contribution in [1.29, 1.82) is 0 Å². The van der Waals surface area contributed by atoms with E-state index in [4.69, 9.17) is 0 Å². The molecule has 0 radical (unpaired) electrons. The Hall–Kier alpha value is -2.40. The number of nitrogens with one attached hydrogen (secondary N) is 1. The Morgan fingerprint density at radius 1 is 1.04 bits per heavy atom.